The molecule has 0 atom stereocenters. The highest BCUT2D eigenvalue weighted by Crippen LogP contribution is 2.38. The van der Waals surface area contributed by atoms with Crippen LogP contribution in [0.25, 0.3) is 0 Å². The van der Waals surface area contributed by atoms with Crippen LogP contribution in [0.2, 0.25) is 0 Å². The van der Waals surface area contributed by atoms with Gasteiger partial charge in [0.05, 0.1) is 6.67 Å². The van der Waals surface area contributed by atoms with Gasteiger partial charge in [-0.3, -0.25) is 9.80 Å². The minimum atomic E-state index is -1.79. The average molecular weight is 364 g/mol. The Morgan fingerprint density at radius 3 is 1.74 bits per heavy atom. The van der Waals surface area contributed by atoms with Gasteiger partial charge in [0.1, 0.15) is 6.10 Å². The molecule has 4 aliphatic rings. The Bertz CT molecular complexity index is 756. The first-order valence-electron chi connectivity index (χ1n) is 9.64. The Labute approximate surface area is 159 Å². The van der Waals surface area contributed by atoms with Gasteiger partial charge in [-0.05, 0) is 11.1 Å². The van der Waals surface area contributed by atoms with Gasteiger partial charge in [-0.25, -0.2) is 4.79 Å². The van der Waals surface area contributed by atoms with Crippen LogP contribution in [0.5, 0.6) is 0 Å². The van der Waals surface area contributed by atoms with E-state index in [0.717, 1.165) is 32.8 Å². The second kappa shape index (κ2) is 6.44. The zero-order valence-electron chi connectivity index (χ0n) is 15.2. The Morgan fingerprint density at radius 2 is 1.30 bits per heavy atom. The number of hydrogen-bond donors (Lipinski definition) is 1. The smallest absolute Gasteiger partial charge is 0.347 e. The Morgan fingerprint density at radius 1 is 0.852 bits per heavy atom. The van der Waals surface area contributed by atoms with Gasteiger partial charge < -0.3 is 9.84 Å². The number of esters is 1. The van der Waals surface area contributed by atoms with Gasteiger partial charge in [-0.2, -0.15) is 0 Å². The van der Waals surface area contributed by atoms with Crippen molar-refractivity contribution in [2.45, 2.75) is 11.7 Å². The van der Waals surface area contributed by atoms with Crippen LogP contribution in [0.15, 0.2) is 60.7 Å². The van der Waals surface area contributed by atoms with Crippen molar-refractivity contribution in [3.05, 3.63) is 71.8 Å². The van der Waals surface area contributed by atoms with E-state index in [0.29, 0.717) is 23.0 Å². The molecule has 4 fully saturated rings. The lowest BCUT2D eigenvalue weighted by Gasteiger charge is -2.56. The number of rotatable bonds is 4. The Balaban J connectivity index is 1.47. The van der Waals surface area contributed by atoms with Crippen molar-refractivity contribution in [1.82, 2.24) is 9.80 Å². The molecule has 4 aliphatic heterocycles. The summed E-state index contributed by atoms with van der Waals surface area (Å²) >= 11 is 0. The third-order valence-corrected chi connectivity index (χ3v) is 6.22. The van der Waals surface area contributed by atoms with E-state index in [9.17, 15) is 9.90 Å². The lowest BCUT2D eigenvalue weighted by molar-refractivity contribution is -0.196. The maximum atomic E-state index is 13.4. The monoisotopic (exact) mass is 364 g/mol. The zero-order chi connectivity index (χ0) is 18.4. The highest BCUT2D eigenvalue weighted by Gasteiger charge is 2.51. The van der Waals surface area contributed by atoms with Crippen molar-refractivity contribution < 1.29 is 14.6 Å². The number of aliphatic hydroxyl groups is 1. The van der Waals surface area contributed by atoms with Crippen molar-refractivity contribution in [3.63, 3.8) is 0 Å². The first-order chi connectivity index (χ1) is 13.1. The van der Waals surface area contributed by atoms with E-state index in [2.05, 4.69) is 9.80 Å². The molecule has 1 N–H and O–H groups in total. The molecule has 5 heteroatoms. The highest BCUT2D eigenvalue weighted by molar-refractivity contribution is 5.85. The fourth-order valence-electron chi connectivity index (χ4n) is 5.07. The fraction of sp³-hybridized carbons (Fsp3) is 0.409. The normalized spacial score (nSPS) is 31.7. The minimum Gasteiger partial charge on any atom is -0.459 e. The number of ether oxygens (including phenoxy) is 1. The molecule has 0 aromatic heterocycles. The average Bonchev–Trinajstić information content (AvgIpc) is 2.70. The molecule has 4 bridgehead atoms. The number of benzene rings is 2. The predicted molar refractivity (Wildman–Crippen MR) is 101 cm³/mol. The van der Waals surface area contributed by atoms with E-state index < -0.39 is 11.6 Å². The maximum Gasteiger partial charge on any atom is 0.347 e. The fourth-order valence-corrected chi connectivity index (χ4v) is 5.07. The summed E-state index contributed by atoms with van der Waals surface area (Å²) in [6.07, 6.45) is -0.121. The SMILES string of the molecule is O=C(OC1C2CN3CC1CN(C2)C3)C(O)(c1ccccc1)c1ccccc1. The summed E-state index contributed by atoms with van der Waals surface area (Å²) in [5, 5.41) is 11.6. The molecule has 5 nitrogen and oxygen atoms in total. The maximum absolute atomic E-state index is 13.4. The van der Waals surface area contributed by atoms with Crippen LogP contribution in [0.3, 0.4) is 0 Å². The summed E-state index contributed by atoms with van der Waals surface area (Å²) < 4.78 is 6.06. The largest absolute Gasteiger partial charge is 0.459 e. The topological polar surface area (TPSA) is 53.0 Å². The standard InChI is InChI=1S/C22H24N2O3/c25-21(27-20-16-11-23-13-17(20)14-24(12-16)15-23)22(26,18-7-3-1-4-8-18)19-9-5-2-6-10-19/h1-10,16-17,20,26H,11-15H2. The number of carbonyl (C=O) groups excluding carboxylic acids is 1. The van der Waals surface area contributed by atoms with Gasteiger partial charge in [-0.15, -0.1) is 0 Å². The summed E-state index contributed by atoms with van der Waals surface area (Å²) in [4.78, 5) is 18.2. The molecule has 2 aromatic rings. The molecule has 0 saturated carbocycles. The third-order valence-electron chi connectivity index (χ3n) is 6.22. The molecule has 0 aliphatic carbocycles. The predicted octanol–water partition coefficient (Wildman–Crippen LogP) is 1.67. The first kappa shape index (κ1) is 16.9. The van der Waals surface area contributed by atoms with Crippen molar-refractivity contribution in [1.29, 1.82) is 0 Å². The molecule has 2 aromatic carbocycles. The first-order valence-corrected chi connectivity index (χ1v) is 9.64. The number of carbonyl (C=O) groups is 1. The van der Waals surface area contributed by atoms with Crippen LogP contribution in [0.4, 0.5) is 0 Å². The van der Waals surface area contributed by atoms with Crippen LogP contribution in [-0.4, -0.2) is 59.8 Å². The number of nitrogens with zero attached hydrogens (tertiary/aromatic N) is 2. The molecule has 0 unspecified atom stereocenters. The van der Waals surface area contributed by atoms with Crippen LogP contribution in [0.1, 0.15) is 11.1 Å². The summed E-state index contributed by atoms with van der Waals surface area (Å²) in [5.74, 6) is 0.0827. The van der Waals surface area contributed by atoms with E-state index in [1.165, 1.54) is 0 Å². The summed E-state index contributed by atoms with van der Waals surface area (Å²) in [6, 6.07) is 18.2. The van der Waals surface area contributed by atoms with Crippen LogP contribution in [0, 0.1) is 11.8 Å². The molecule has 140 valence electrons. The molecular weight excluding hydrogens is 340 g/mol. The van der Waals surface area contributed by atoms with Crippen molar-refractivity contribution >= 4 is 5.97 Å². The molecule has 27 heavy (non-hydrogen) atoms. The van der Waals surface area contributed by atoms with Gasteiger partial charge in [-0.1, -0.05) is 60.7 Å². The number of hydrogen-bond acceptors (Lipinski definition) is 5. The van der Waals surface area contributed by atoms with Gasteiger partial charge >= 0.3 is 5.97 Å². The molecule has 0 amide bonds. The summed E-state index contributed by atoms with van der Waals surface area (Å²) in [5.41, 5.74) is -0.715. The quantitative estimate of drug-likeness (QED) is 0.837. The van der Waals surface area contributed by atoms with Crippen molar-refractivity contribution in [2.75, 3.05) is 32.8 Å². The van der Waals surface area contributed by atoms with Gasteiger partial charge in [0.15, 0.2) is 0 Å². The molecule has 0 spiro atoms. The third kappa shape index (κ3) is 2.78. The van der Waals surface area contributed by atoms with E-state index in [1.807, 2.05) is 36.4 Å². The molecule has 4 heterocycles. The van der Waals surface area contributed by atoms with E-state index in [1.54, 1.807) is 24.3 Å². The lowest BCUT2D eigenvalue weighted by Crippen LogP contribution is -2.68. The van der Waals surface area contributed by atoms with Gasteiger partial charge in [0.25, 0.3) is 0 Å². The highest BCUT2D eigenvalue weighted by atomic mass is 16.6. The molecule has 6 rings (SSSR count). The Kier molecular flexibility index (Phi) is 4.04. The van der Waals surface area contributed by atoms with Crippen LogP contribution < -0.4 is 0 Å². The number of piperidine rings is 2. The lowest BCUT2D eigenvalue weighted by atomic mass is 9.79. The van der Waals surface area contributed by atoms with E-state index in [4.69, 9.17) is 4.74 Å². The van der Waals surface area contributed by atoms with Crippen LogP contribution >= 0.6 is 0 Å². The second-order valence-corrected chi connectivity index (χ2v) is 8.05. The van der Waals surface area contributed by atoms with Gasteiger partial charge in [0, 0.05) is 38.0 Å². The second-order valence-electron chi connectivity index (χ2n) is 8.05. The van der Waals surface area contributed by atoms with Crippen molar-refractivity contribution in [3.8, 4) is 0 Å². The Hall–Kier alpha value is -2.21. The summed E-state index contributed by atoms with van der Waals surface area (Å²) in [6.45, 7) is 4.92. The zero-order valence-corrected chi connectivity index (χ0v) is 15.2. The van der Waals surface area contributed by atoms with Crippen LogP contribution in [-0.2, 0) is 15.1 Å². The molecule has 4 saturated heterocycles. The van der Waals surface area contributed by atoms with E-state index >= 15 is 0 Å². The minimum absolute atomic E-state index is 0.121. The molecule has 0 radical (unpaired) electrons. The summed E-state index contributed by atoms with van der Waals surface area (Å²) in [7, 11) is 0. The van der Waals surface area contributed by atoms with Gasteiger partial charge in [0.2, 0.25) is 5.60 Å². The van der Waals surface area contributed by atoms with E-state index in [-0.39, 0.29) is 6.10 Å². The van der Waals surface area contributed by atoms with Crippen molar-refractivity contribution in [2.24, 2.45) is 11.8 Å². The molecular formula is C22H24N2O3.